The van der Waals surface area contributed by atoms with Gasteiger partial charge in [-0.25, -0.2) is 4.79 Å². The molecular weight excluding hydrogens is 486 g/mol. The molecule has 1 saturated carbocycles. The SMILES string of the molecule is Cc1ncccc1C(=O)Nc1ccc(-c2cc(N(C(=O)[C@H]3CC[C@H](C)CC3)C(C)C)c(C(=O)O)s2)cc1. The molecule has 37 heavy (non-hydrogen) atoms. The fourth-order valence-electron chi connectivity index (χ4n) is 4.85. The highest BCUT2D eigenvalue weighted by Gasteiger charge is 2.33. The number of thiophene rings is 1. The lowest BCUT2D eigenvalue weighted by molar-refractivity contribution is -0.123. The van der Waals surface area contributed by atoms with Crippen LogP contribution in [0, 0.1) is 18.8 Å². The number of carboxylic acid groups (broad SMARTS) is 1. The van der Waals surface area contributed by atoms with Gasteiger partial charge in [-0.2, -0.15) is 0 Å². The molecule has 2 N–H and O–H groups in total. The van der Waals surface area contributed by atoms with Crippen molar-refractivity contribution in [2.75, 3.05) is 10.2 Å². The fourth-order valence-corrected chi connectivity index (χ4v) is 5.84. The summed E-state index contributed by atoms with van der Waals surface area (Å²) >= 11 is 1.16. The molecule has 0 saturated heterocycles. The Morgan fingerprint density at radius 1 is 1.08 bits per heavy atom. The number of aromatic nitrogens is 1. The number of carboxylic acids is 1. The molecule has 3 aromatic rings. The molecule has 1 aromatic carbocycles. The summed E-state index contributed by atoms with van der Waals surface area (Å²) in [4.78, 5) is 45.1. The average Bonchev–Trinajstić information content (AvgIpc) is 3.30. The molecule has 1 aliphatic carbocycles. The molecule has 4 rings (SSSR count). The van der Waals surface area contributed by atoms with Crippen molar-refractivity contribution in [3.63, 3.8) is 0 Å². The highest BCUT2D eigenvalue weighted by atomic mass is 32.1. The highest BCUT2D eigenvalue weighted by molar-refractivity contribution is 7.18. The number of carbonyl (C=O) groups is 3. The van der Waals surface area contributed by atoms with Crippen molar-refractivity contribution in [3.05, 3.63) is 64.8 Å². The van der Waals surface area contributed by atoms with Gasteiger partial charge in [0.15, 0.2) is 0 Å². The quantitative estimate of drug-likeness (QED) is 0.365. The van der Waals surface area contributed by atoms with Crippen molar-refractivity contribution >= 4 is 40.5 Å². The lowest BCUT2D eigenvalue weighted by Crippen LogP contribution is -2.42. The van der Waals surface area contributed by atoms with Crippen LogP contribution in [0.25, 0.3) is 10.4 Å². The smallest absolute Gasteiger partial charge is 0.348 e. The summed E-state index contributed by atoms with van der Waals surface area (Å²) in [5.74, 6) is -0.724. The lowest BCUT2D eigenvalue weighted by atomic mass is 9.82. The Morgan fingerprint density at radius 3 is 2.35 bits per heavy atom. The van der Waals surface area contributed by atoms with Gasteiger partial charge in [0.1, 0.15) is 4.88 Å². The van der Waals surface area contributed by atoms with Crippen LogP contribution in [0.15, 0.2) is 48.7 Å². The van der Waals surface area contributed by atoms with Crippen LogP contribution in [0.5, 0.6) is 0 Å². The maximum atomic E-state index is 13.5. The Bertz CT molecular complexity index is 1290. The summed E-state index contributed by atoms with van der Waals surface area (Å²) in [5, 5.41) is 12.9. The van der Waals surface area contributed by atoms with E-state index in [0.717, 1.165) is 47.5 Å². The predicted molar refractivity (Wildman–Crippen MR) is 147 cm³/mol. The van der Waals surface area contributed by atoms with Crippen molar-refractivity contribution in [2.24, 2.45) is 11.8 Å². The van der Waals surface area contributed by atoms with Crippen molar-refractivity contribution < 1.29 is 19.5 Å². The standard InChI is InChI=1S/C29H33N3O4S/c1-17(2)32(28(34)21-9-7-18(3)8-10-21)24-16-25(37-26(24)29(35)36)20-11-13-22(14-12-20)31-27(33)23-6-5-15-30-19(23)4/h5-6,11-18,21H,7-10H2,1-4H3,(H,31,33)(H,35,36)/t18-,21-. The van der Waals surface area contributed by atoms with E-state index < -0.39 is 5.97 Å². The molecule has 0 spiro atoms. The number of hydrogen-bond donors (Lipinski definition) is 2. The average molecular weight is 520 g/mol. The van der Waals surface area contributed by atoms with E-state index >= 15 is 0 Å². The van der Waals surface area contributed by atoms with Gasteiger partial charge in [0, 0.05) is 34.4 Å². The second kappa shape index (κ2) is 11.3. The molecule has 0 aliphatic heterocycles. The molecule has 8 heteroatoms. The van der Waals surface area contributed by atoms with E-state index in [1.165, 1.54) is 0 Å². The van der Waals surface area contributed by atoms with Crippen molar-refractivity contribution in [2.45, 2.75) is 59.4 Å². The Hall–Kier alpha value is -3.52. The summed E-state index contributed by atoms with van der Waals surface area (Å²) in [6, 6.07) is 12.3. The minimum absolute atomic E-state index is 0.0116. The van der Waals surface area contributed by atoms with Gasteiger partial charge in [-0.1, -0.05) is 19.1 Å². The molecule has 2 aromatic heterocycles. The number of nitrogens with one attached hydrogen (secondary N) is 1. The maximum absolute atomic E-state index is 13.5. The lowest BCUT2D eigenvalue weighted by Gasteiger charge is -2.33. The van der Waals surface area contributed by atoms with E-state index in [9.17, 15) is 19.5 Å². The van der Waals surface area contributed by atoms with E-state index in [2.05, 4.69) is 17.2 Å². The summed E-state index contributed by atoms with van der Waals surface area (Å²) in [6.07, 6.45) is 5.37. The van der Waals surface area contributed by atoms with E-state index in [-0.39, 0.29) is 28.7 Å². The first-order valence-electron chi connectivity index (χ1n) is 12.7. The molecule has 2 heterocycles. The van der Waals surface area contributed by atoms with Crippen LogP contribution in [0.2, 0.25) is 0 Å². The number of benzene rings is 1. The first kappa shape index (κ1) is 26.5. The summed E-state index contributed by atoms with van der Waals surface area (Å²) in [5.41, 5.74) is 3.05. The third-order valence-electron chi connectivity index (χ3n) is 6.96. The first-order chi connectivity index (χ1) is 17.7. The molecule has 1 aliphatic rings. The van der Waals surface area contributed by atoms with E-state index in [0.29, 0.717) is 28.6 Å². The number of pyridine rings is 1. The van der Waals surface area contributed by atoms with Gasteiger partial charge in [-0.05, 0) is 88.3 Å². The van der Waals surface area contributed by atoms with Crippen LogP contribution in [0.1, 0.15) is 72.2 Å². The van der Waals surface area contributed by atoms with E-state index in [1.807, 2.05) is 32.0 Å². The number of carbonyl (C=O) groups excluding carboxylic acids is 2. The minimum Gasteiger partial charge on any atom is -0.477 e. The van der Waals surface area contributed by atoms with Crippen LogP contribution < -0.4 is 10.2 Å². The summed E-state index contributed by atoms with van der Waals surface area (Å²) in [7, 11) is 0. The Kier molecular flexibility index (Phi) is 8.07. The number of nitrogens with zero attached hydrogens (tertiary/aromatic N) is 2. The molecule has 0 radical (unpaired) electrons. The molecule has 194 valence electrons. The van der Waals surface area contributed by atoms with Gasteiger partial charge in [0.2, 0.25) is 5.91 Å². The van der Waals surface area contributed by atoms with Crippen LogP contribution in [0.4, 0.5) is 11.4 Å². The Morgan fingerprint density at radius 2 is 1.76 bits per heavy atom. The van der Waals surface area contributed by atoms with E-state index in [4.69, 9.17) is 0 Å². The van der Waals surface area contributed by atoms with E-state index in [1.54, 1.807) is 42.3 Å². The number of aryl methyl sites for hydroxylation is 1. The van der Waals surface area contributed by atoms with Crippen LogP contribution >= 0.6 is 11.3 Å². The summed E-state index contributed by atoms with van der Waals surface area (Å²) < 4.78 is 0. The number of anilines is 2. The number of hydrogen-bond acceptors (Lipinski definition) is 5. The van der Waals surface area contributed by atoms with Crippen molar-refractivity contribution in [3.8, 4) is 10.4 Å². The zero-order valence-corrected chi connectivity index (χ0v) is 22.5. The van der Waals surface area contributed by atoms with Gasteiger partial charge in [0.25, 0.3) is 5.91 Å². The normalized spacial score (nSPS) is 17.4. The third kappa shape index (κ3) is 5.91. The molecule has 0 bridgehead atoms. The summed E-state index contributed by atoms with van der Waals surface area (Å²) in [6.45, 7) is 7.85. The highest BCUT2D eigenvalue weighted by Crippen LogP contribution is 2.40. The molecule has 0 unspecified atom stereocenters. The number of aromatic carboxylic acids is 1. The predicted octanol–water partition coefficient (Wildman–Crippen LogP) is 6.64. The Balaban J connectivity index is 1.58. The van der Waals surface area contributed by atoms with Gasteiger partial charge in [-0.15, -0.1) is 11.3 Å². The van der Waals surface area contributed by atoms with Crippen LogP contribution in [-0.2, 0) is 4.79 Å². The largest absolute Gasteiger partial charge is 0.477 e. The van der Waals surface area contributed by atoms with Crippen LogP contribution in [-0.4, -0.2) is 33.9 Å². The molecule has 0 atom stereocenters. The molecule has 1 fully saturated rings. The zero-order chi connectivity index (χ0) is 26.7. The van der Waals surface area contributed by atoms with Crippen molar-refractivity contribution in [1.82, 2.24) is 4.98 Å². The topological polar surface area (TPSA) is 99.6 Å². The van der Waals surface area contributed by atoms with Gasteiger partial charge < -0.3 is 15.3 Å². The van der Waals surface area contributed by atoms with Crippen molar-refractivity contribution in [1.29, 1.82) is 0 Å². The van der Waals surface area contributed by atoms with Gasteiger partial charge in [-0.3, -0.25) is 14.6 Å². The second-order valence-corrected chi connectivity index (χ2v) is 11.1. The van der Waals surface area contributed by atoms with Gasteiger partial charge >= 0.3 is 5.97 Å². The first-order valence-corrected chi connectivity index (χ1v) is 13.5. The minimum atomic E-state index is -1.04. The molecule has 7 nitrogen and oxygen atoms in total. The maximum Gasteiger partial charge on any atom is 0.348 e. The second-order valence-electron chi connectivity index (χ2n) is 10.1. The Labute approximate surface area is 221 Å². The molecular formula is C29H33N3O4S. The monoisotopic (exact) mass is 519 g/mol. The fraction of sp³-hybridized carbons (Fsp3) is 0.379. The van der Waals surface area contributed by atoms with Gasteiger partial charge in [0.05, 0.1) is 11.3 Å². The third-order valence-corrected chi connectivity index (χ3v) is 8.13. The zero-order valence-electron chi connectivity index (χ0n) is 21.7. The van der Waals surface area contributed by atoms with Crippen LogP contribution in [0.3, 0.4) is 0 Å². The number of amides is 2. The number of rotatable bonds is 7. The molecule has 2 amide bonds.